The number of nitrogen functional groups attached to an aromatic ring is 2. The van der Waals surface area contributed by atoms with E-state index < -0.39 is 4.92 Å². The van der Waals surface area contributed by atoms with Crippen molar-refractivity contribution >= 4 is 29.0 Å². The summed E-state index contributed by atoms with van der Waals surface area (Å²) in [6, 6.07) is 9.30. The average Bonchev–Trinajstić information content (AvgIpc) is 3.08. The number of anilines is 2. The average molecular weight is 369 g/mol. The molecule has 0 saturated carbocycles. The summed E-state index contributed by atoms with van der Waals surface area (Å²) in [5.74, 6) is 0.923. The van der Waals surface area contributed by atoms with Crippen LogP contribution in [0, 0.1) is 21.4 Å². The minimum absolute atomic E-state index is 0.0682. The van der Waals surface area contributed by atoms with Gasteiger partial charge < -0.3 is 16.0 Å². The van der Waals surface area contributed by atoms with Gasteiger partial charge >= 0.3 is 0 Å². The molecule has 0 bridgehead atoms. The van der Waals surface area contributed by atoms with E-state index in [1.54, 1.807) is 6.07 Å². The van der Waals surface area contributed by atoms with Crippen LogP contribution >= 0.6 is 11.8 Å². The number of nitro groups is 1. The Morgan fingerprint density at radius 3 is 2.85 bits per heavy atom. The van der Waals surface area contributed by atoms with Crippen LogP contribution in [-0.4, -0.2) is 20.0 Å². The molecule has 0 spiro atoms. The maximum Gasteiger partial charge on any atom is 0.270 e. The smallest absolute Gasteiger partial charge is 0.270 e. The van der Waals surface area contributed by atoms with Crippen LogP contribution in [0.5, 0.6) is 0 Å². The normalized spacial score (nSPS) is 10.4. The van der Waals surface area contributed by atoms with Crippen molar-refractivity contribution in [1.82, 2.24) is 15.1 Å². The van der Waals surface area contributed by atoms with E-state index in [4.69, 9.17) is 16.0 Å². The molecule has 0 unspecified atom stereocenters. The zero-order valence-corrected chi connectivity index (χ0v) is 13.9. The second kappa shape index (κ2) is 7.08. The van der Waals surface area contributed by atoms with Crippen LogP contribution in [0.15, 0.2) is 39.9 Å². The molecule has 0 atom stereocenters. The second-order valence-corrected chi connectivity index (χ2v) is 6.00. The number of hydrogen-bond acceptors (Lipinski definition) is 10. The van der Waals surface area contributed by atoms with E-state index in [9.17, 15) is 15.4 Å². The number of aromatic nitrogens is 3. The molecule has 11 heteroatoms. The molecule has 2 heterocycles. The number of nitrogens with two attached hydrogens (primary N) is 2. The number of benzene rings is 1. The molecule has 0 fully saturated rings. The van der Waals surface area contributed by atoms with Crippen molar-refractivity contribution in [2.45, 2.75) is 10.8 Å². The van der Waals surface area contributed by atoms with E-state index >= 15 is 0 Å². The topological polar surface area (TPSA) is 171 Å². The van der Waals surface area contributed by atoms with Gasteiger partial charge in [0.1, 0.15) is 22.5 Å². The molecule has 3 aromatic rings. The van der Waals surface area contributed by atoms with Crippen LogP contribution < -0.4 is 11.5 Å². The number of hydrogen-bond donors (Lipinski definition) is 2. The third kappa shape index (κ3) is 3.55. The fourth-order valence-corrected chi connectivity index (χ4v) is 2.95. The maximum atomic E-state index is 10.8. The van der Waals surface area contributed by atoms with Gasteiger partial charge in [0, 0.05) is 23.8 Å². The van der Waals surface area contributed by atoms with Crippen molar-refractivity contribution in [3.8, 4) is 17.5 Å². The minimum Gasteiger partial charge on any atom is -0.397 e. The predicted octanol–water partition coefficient (Wildman–Crippen LogP) is 2.37. The molecule has 1 aromatic carbocycles. The summed E-state index contributed by atoms with van der Waals surface area (Å²) in [6.07, 6.45) is 0. The van der Waals surface area contributed by atoms with Crippen molar-refractivity contribution < 1.29 is 9.45 Å². The molecule has 10 nitrogen and oxygen atoms in total. The standard InChI is InChI=1S/C15H11N7O3S/c16-6-10-11(17)5-12(18)19-15(10)26-7-13-20-14(21-25-13)8-2-1-3-9(4-8)22(23)24/h1-5H,7H2,(H4,17,18,19). The lowest BCUT2D eigenvalue weighted by Crippen LogP contribution is -2.00. The number of nitriles is 1. The van der Waals surface area contributed by atoms with E-state index in [1.807, 2.05) is 6.07 Å². The zero-order chi connectivity index (χ0) is 18.7. The molecule has 0 aliphatic rings. The quantitative estimate of drug-likeness (QED) is 0.386. The number of rotatable bonds is 5. The van der Waals surface area contributed by atoms with E-state index in [-0.39, 0.29) is 40.2 Å². The van der Waals surface area contributed by atoms with Gasteiger partial charge in [0.2, 0.25) is 11.7 Å². The Labute approximate surface area is 151 Å². The van der Waals surface area contributed by atoms with E-state index in [0.717, 1.165) is 0 Å². The van der Waals surface area contributed by atoms with Gasteiger partial charge in [0.25, 0.3) is 5.69 Å². The van der Waals surface area contributed by atoms with Crippen LogP contribution in [-0.2, 0) is 5.75 Å². The summed E-state index contributed by atoms with van der Waals surface area (Å²) < 4.78 is 5.15. The highest BCUT2D eigenvalue weighted by Crippen LogP contribution is 2.29. The molecule has 0 aliphatic carbocycles. The summed E-state index contributed by atoms with van der Waals surface area (Å²) in [5, 5.41) is 24.2. The minimum atomic E-state index is -0.500. The molecule has 0 radical (unpaired) electrons. The number of nitrogens with zero attached hydrogens (tertiary/aromatic N) is 5. The van der Waals surface area contributed by atoms with Crippen LogP contribution in [0.25, 0.3) is 11.4 Å². The van der Waals surface area contributed by atoms with Gasteiger partial charge in [-0.05, 0) is 0 Å². The van der Waals surface area contributed by atoms with E-state index in [2.05, 4.69) is 15.1 Å². The van der Waals surface area contributed by atoms with Crippen molar-refractivity contribution in [3.63, 3.8) is 0 Å². The molecule has 0 aliphatic heterocycles. The summed E-state index contributed by atoms with van der Waals surface area (Å²) in [4.78, 5) is 18.6. The molecular formula is C15H11N7O3S. The number of thioether (sulfide) groups is 1. The first-order chi connectivity index (χ1) is 12.5. The first-order valence-corrected chi connectivity index (χ1v) is 8.13. The monoisotopic (exact) mass is 369 g/mol. The van der Waals surface area contributed by atoms with Gasteiger partial charge in [-0.3, -0.25) is 10.1 Å². The maximum absolute atomic E-state index is 10.8. The number of nitro benzene ring substituents is 1. The molecule has 0 saturated heterocycles. The Morgan fingerprint density at radius 2 is 2.12 bits per heavy atom. The Morgan fingerprint density at radius 1 is 1.31 bits per heavy atom. The van der Waals surface area contributed by atoms with Crippen molar-refractivity contribution in [2.24, 2.45) is 0 Å². The molecule has 130 valence electrons. The van der Waals surface area contributed by atoms with Crippen LogP contribution in [0.4, 0.5) is 17.2 Å². The highest BCUT2D eigenvalue weighted by molar-refractivity contribution is 7.98. The third-order valence-electron chi connectivity index (χ3n) is 3.26. The van der Waals surface area contributed by atoms with Gasteiger partial charge in [-0.2, -0.15) is 10.2 Å². The highest BCUT2D eigenvalue weighted by Gasteiger charge is 2.15. The van der Waals surface area contributed by atoms with Crippen molar-refractivity contribution in [1.29, 1.82) is 5.26 Å². The van der Waals surface area contributed by atoms with E-state index in [0.29, 0.717) is 10.6 Å². The molecule has 3 rings (SSSR count). The Bertz CT molecular complexity index is 1030. The highest BCUT2D eigenvalue weighted by atomic mass is 32.2. The van der Waals surface area contributed by atoms with Gasteiger partial charge in [-0.1, -0.05) is 29.1 Å². The summed E-state index contributed by atoms with van der Waals surface area (Å²) >= 11 is 1.17. The Kier molecular flexibility index (Phi) is 4.68. The fourth-order valence-electron chi connectivity index (χ4n) is 2.10. The van der Waals surface area contributed by atoms with Gasteiger partial charge in [-0.25, -0.2) is 4.98 Å². The number of pyridine rings is 1. The van der Waals surface area contributed by atoms with Crippen molar-refractivity contribution in [3.05, 3.63) is 51.9 Å². The SMILES string of the molecule is N#Cc1c(N)cc(N)nc1SCc1nc(-c2cccc([N+](=O)[O-])c2)no1. The largest absolute Gasteiger partial charge is 0.397 e. The molecule has 4 N–H and O–H groups in total. The summed E-state index contributed by atoms with van der Waals surface area (Å²) in [6.45, 7) is 0. The summed E-state index contributed by atoms with van der Waals surface area (Å²) in [7, 11) is 0. The van der Waals surface area contributed by atoms with Crippen LogP contribution in [0.1, 0.15) is 11.5 Å². The molecule has 2 aromatic heterocycles. The first-order valence-electron chi connectivity index (χ1n) is 7.14. The molecule has 26 heavy (non-hydrogen) atoms. The lowest BCUT2D eigenvalue weighted by Gasteiger charge is -2.05. The lowest BCUT2D eigenvalue weighted by molar-refractivity contribution is -0.384. The first kappa shape index (κ1) is 17.2. The third-order valence-corrected chi connectivity index (χ3v) is 4.22. The lowest BCUT2D eigenvalue weighted by atomic mass is 10.2. The Balaban J connectivity index is 1.79. The van der Waals surface area contributed by atoms with Crippen molar-refractivity contribution in [2.75, 3.05) is 11.5 Å². The molecular weight excluding hydrogens is 358 g/mol. The molecule has 0 amide bonds. The van der Waals surface area contributed by atoms with Crippen LogP contribution in [0.2, 0.25) is 0 Å². The van der Waals surface area contributed by atoms with Gasteiger partial charge in [0.15, 0.2) is 0 Å². The summed E-state index contributed by atoms with van der Waals surface area (Å²) in [5.41, 5.74) is 12.3. The van der Waals surface area contributed by atoms with E-state index in [1.165, 1.54) is 36.0 Å². The fraction of sp³-hybridized carbons (Fsp3) is 0.0667. The van der Waals surface area contributed by atoms with Crippen LogP contribution in [0.3, 0.4) is 0 Å². The van der Waals surface area contributed by atoms with Gasteiger partial charge in [0.05, 0.1) is 16.4 Å². The number of non-ortho nitro benzene ring substituents is 1. The zero-order valence-electron chi connectivity index (χ0n) is 13.1. The second-order valence-electron chi connectivity index (χ2n) is 5.04. The Hall–Kier alpha value is -3.65. The van der Waals surface area contributed by atoms with Gasteiger partial charge in [-0.15, -0.1) is 0 Å². The predicted molar refractivity (Wildman–Crippen MR) is 93.7 cm³/mol.